The van der Waals surface area contributed by atoms with Crippen LogP contribution in [0, 0.1) is 17.8 Å². The quantitative estimate of drug-likeness (QED) is 0.878. The number of ketones is 1. The van der Waals surface area contributed by atoms with Crippen molar-refractivity contribution in [3.63, 3.8) is 0 Å². The molecule has 1 N–H and O–H groups in total. The Balaban J connectivity index is 2.62. The number of aliphatic carboxylic acids is 1. The van der Waals surface area contributed by atoms with E-state index in [4.69, 9.17) is 0 Å². The van der Waals surface area contributed by atoms with Crippen LogP contribution < -0.4 is 0 Å². The molecule has 0 spiro atoms. The molecule has 112 valence electrons. The molecular weight excluding hydrogens is 268 g/mol. The highest BCUT2D eigenvalue weighted by molar-refractivity contribution is 6.08. The fraction of sp³-hybridized carbons (Fsp3) is 0.438. The van der Waals surface area contributed by atoms with Gasteiger partial charge in [0.15, 0.2) is 5.78 Å². The predicted molar refractivity (Wildman–Crippen MR) is 79.5 cm³/mol. The van der Waals surface area contributed by atoms with Crippen LogP contribution in [-0.2, 0) is 4.79 Å². The summed E-state index contributed by atoms with van der Waals surface area (Å²) in [5, 5.41) is 13.8. The maximum absolute atomic E-state index is 13.0. The van der Waals surface area contributed by atoms with Gasteiger partial charge in [-0.2, -0.15) is 5.10 Å². The van der Waals surface area contributed by atoms with E-state index in [1.54, 1.807) is 45.3 Å². The van der Waals surface area contributed by atoms with E-state index < -0.39 is 16.8 Å². The van der Waals surface area contributed by atoms with Gasteiger partial charge in [0.25, 0.3) is 0 Å². The third-order valence-corrected chi connectivity index (χ3v) is 4.61. The molecule has 0 amide bonds. The molecule has 0 aliphatic heterocycles. The lowest BCUT2D eigenvalue weighted by Gasteiger charge is -2.36. The highest BCUT2D eigenvalue weighted by Gasteiger charge is 2.49. The van der Waals surface area contributed by atoms with Crippen molar-refractivity contribution >= 4 is 17.3 Å². The lowest BCUT2D eigenvalue weighted by Crippen LogP contribution is -2.45. The Morgan fingerprint density at radius 3 is 2.33 bits per heavy atom. The standard InChI is InChI=1S/C16H20N2O3/c1-10-12(11-8-6-7-9-18(11)17-10)13(19)15(2,3)16(4,5)14(20)21/h6-9H,1-5H3,(H,20,21). The Morgan fingerprint density at radius 1 is 1.14 bits per heavy atom. The van der Waals surface area contributed by atoms with E-state index in [1.165, 1.54) is 0 Å². The van der Waals surface area contributed by atoms with Crippen molar-refractivity contribution in [3.05, 3.63) is 35.7 Å². The second-order valence-electron chi connectivity index (χ2n) is 6.38. The molecule has 5 heteroatoms. The molecule has 2 aromatic rings. The van der Waals surface area contributed by atoms with Gasteiger partial charge in [-0.1, -0.05) is 19.9 Å². The number of rotatable bonds is 4. The molecule has 0 aliphatic carbocycles. The first kappa shape index (κ1) is 15.2. The average Bonchev–Trinajstić information content (AvgIpc) is 2.73. The number of Topliss-reactive ketones (excluding diaryl/α,β-unsaturated/α-hetero) is 1. The van der Waals surface area contributed by atoms with Gasteiger partial charge in [-0.15, -0.1) is 0 Å². The molecule has 5 nitrogen and oxygen atoms in total. The Bertz CT molecular complexity index is 726. The monoisotopic (exact) mass is 288 g/mol. The van der Waals surface area contributed by atoms with E-state index in [2.05, 4.69) is 5.10 Å². The third-order valence-electron chi connectivity index (χ3n) is 4.61. The van der Waals surface area contributed by atoms with E-state index in [-0.39, 0.29) is 5.78 Å². The molecule has 0 saturated heterocycles. The molecule has 0 fully saturated rings. The van der Waals surface area contributed by atoms with Crippen LogP contribution in [0.25, 0.3) is 5.52 Å². The number of fused-ring (bicyclic) bond motifs is 1. The van der Waals surface area contributed by atoms with Crippen LogP contribution in [-0.4, -0.2) is 26.5 Å². The number of nitrogens with zero attached hydrogens (tertiary/aromatic N) is 2. The van der Waals surface area contributed by atoms with Gasteiger partial charge < -0.3 is 5.11 Å². The molecular formula is C16H20N2O3. The van der Waals surface area contributed by atoms with Crippen LogP contribution in [0.4, 0.5) is 0 Å². The summed E-state index contributed by atoms with van der Waals surface area (Å²) in [6.07, 6.45) is 1.77. The molecule has 0 atom stereocenters. The first-order chi connectivity index (χ1) is 9.60. The topological polar surface area (TPSA) is 71.7 Å². The second kappa shape index (κ2) is 4.69. The summed E-state index contributed by atoms with van der Waals surface area (Å²) in [6, 6.07) is 5.49. The molecule has 0 unspecified atom stereocenters. The van der Waals surface area contributed by atoms with E-state index in [0.717, 1.165) is 0 Å². The van der Waals surface area contributed by atoms with Crippen molar-refractivity contribution < 1.29 is 14.7 Å². The van der Waals surface area contributed by atoms with Gasteiger partial charge in [-0.3, -0.25) is 9.59 Å². The second-order valence-corrected chi connectivity index (χ2v) is 6.38. The molecule has 0 radical (unpaired) electrons. The van der Waals surface area contributed by atoms with Crippen LogP contribution in [0.15, 0.2) is 24.4 Å². The minimum atomic E-state index is -1.18. The van der Waals surface area contributed by atoms with Gasteiger partial charge in [-0.05, 0) is 32.9 Å². The number of pyridine rings is 1. The maximum Gasteiger partial charge on any atom is 0.310 e. The molecule has 2 aromatic heterocycles. The lowest BCUT2D eigenvalue weighted by molar-refractivity contribution is -0.152. The smallest absolute Gasteiger partial charge is 0.310 e. The zero-order valence-electron chi connectivity index (χ0n) is 13.0. The first-order valence-corrected chi connectivity index (χ1v) is 6.83. The van der Waals surface area contributed by atoms with Crippen LogP contribution in [0.1, 0.15) is 43.7 Å². The number of carbonyl (C=O) groups excluding carboxylic acids is 1. The maximum atomic E-state index is 13.0. The fourth-order valence-electron chi connectivity index (χ4n) is 2.26. The Hall–Kier alpha value is -2.17. The summed E-state index contributed by atoms with van der Waals surface area (Å²) in [4.78, 5) is 24.5. The number of aryl methyl sites for hydroxylation is 1. The number of carbonyl (C=O) groups is 2. The van der Waals surface area contributed by atoms with E-state index >= 15 is 0 Å². The van der Waals surface area contributed by atoms with Crippen molar-refractivity contribution in [1.82, 2.24) is 9.61 Å². The van der Waals surface area contributed by atoms with Crippen LogP contribution >= 0.6 is 0 Å². The van der Waals surface area contributed by atoms with Gasteiger partial charge in [0, 0.05) is 11.6 Å². The molecule has 0 aromatic carbocycles. The number of aromatic nitrogens is 2. The highest BCUT2D eigenvalue weighted by Crippen LogP contribution is 2.42. The Kier molecular flexibility index (Phi) is 3.40. The van der Waals surface area contributed by atoms with E-state index in [1.807, 2.05) is 18.2 Å². The van der Waals surface area contributed by atoms with Gasteiger partial charge >= 0.3 is 5.97 Å². The normalized spacial score (nSPS) is 12.6. The van der Waals surface area contributed by atoms with Crippen LogP contribution in [0.3, 0.4) is 0 Å². The van der Waals surface area contributed by atoms with Crippen molar-refractivity contribution in [1.29, 1.82) is 0 Å². The van der Waals surface area contributed by atoms with Gasteiger partial charge in [0.2, 0.25) is 0 Å². The summed E-state index contributed by atoms with van der Waals surface area (Å²) in [6.45, 7) is 8.28. The van der Waals surface area contributed by atoms with Crippen molar-refractivity contribution in [2.24, 2.45) is 10.8 Å². The number of hydrogen-bond donors (Lipinski definition) is 1. The average molecular weight is 288 g/mol. The van der Waals surface area contributed by atoms with Gasteiger partial charge in [-0.25, -0.2) is 4.52 Å². The summed E-state index contributed by atoms with van der Waals surface area (Å²) in [5.41, 5.74) is -0.424. The third kappa shape index (κ3) is 2.13. The molecule has 2 heterocycles. The fourth-order valence-corrected chi connectivity index (χ4v) is 2.26. The van der Waals surface area contributed by atoms with Crippen molar-refractivity contribution in [3.8, 4) is 0 Å². The van der Waals surface area contributed by atoms with Gasteiger partial charge in [0.05, 0.1) is 22.2 Å². The highest BCUT2D eigenvalue weighted by atomic mass is 16.4. The Morgan fingerprint density at radius 2 is 1.76 bits per heavy atom. The zero-order chi connectivity index (χ0) is 16.0. The van der Waals surface area contributed by atoms with Gasteiger partial charge in [0.1, 0.15) is 0 Å². The van der Waals surface area contributed by atoms with E-state index in [9.17, 15) is 14.7 Å². The van der Waals surface area contributed by atoms with Crippen molar-refractivity contribution in [2.75, 3.05) is 0 Å². The SMILES string of the molecule is Cc1nn2ccccc2c1C(=O)C(C)(C)C(C)(C)C(=O)O. The molecule has 0 saturated carbocycles. The zero-order valence-corrected chi connectivity index (χ0v) is 13.0. The first-order valence-electron chi connectivity index (χ1n) is 6.83. The lowest BCUT2D eigenvalue weighted by atomic mass is 9.64. The molecule has 21 heavy (non-hydrogen) atoms. The number of hydrogen-bond acceptors (Lipinski definition) is 3. The van der Waals surface area contributed by atoms with E-state index in [0.29, 0.717) is 16.8 Å². The number of carboxylic acid groups (broad SMARTS) is 1. The van der Waals surface area contributed by atoms with Crippen LogP contribution in [0.2, 0.25) is 0 Å². The molecule has 2 rings (SSSR count). The summed E-state index contributed by atoms with van der Waals surface area (Å²) in [5.74, 6) is -1.19. The molecule has 0 aliphatic rings. The largest absolute Gasteiger partial charge is 0.481 e. The molecule has 0 bridgehead atoms. The predicted octanol–water partition coefficient (Wildman–Crippen LogP) is 2.96. The number of carboxylic acids is 1. The summed E-state index contributed by atoms with van der Waals surface area (Å²) >= 11 is 0. The summed E-state index contributed by atoms with van der Waals surface area (Å²) in [7, 11) is 0. The van der Waals surface area contributed by atoms with Crippen molar-refractivity contribution in [2.45, 2.75) is 34.6 Å². The minimum absolute atomic E-state index is 0.200. The Labute approximate surface area is 123 Å². The minimum Gasteiger partial charge on any atom is -0.481 e. The summed E-state index contributed by atoms with van der Waals surface area (Å²) < 4.78 is 1.65. The van der Waals surface area contributed by atoms with Crippen LogP contribution in [0.5, 0.6) is 0 Å².